The highest BCUT2D eigenvalue weighted by Crippen LogP contribution is 2.09. The molecule has 0 radical (unpaired) electrons. The topological polar surface area (TPSA) is 58.2 Å². The lowest BCUT2D eigenvalue weighted by atomic mass is 10.2. The van der Waals surface area contributed by atoms with E-state index in [0.29, 0.717) is 13.1 Å². The van der Waals surface area contributed by atoms with Crippen molar-refractivity contribution in [1.29, 1.82) is 0 Å². The van der Waals surface area contributed by atoms with Crippen LogP contribution in [0.2, 0.25) is 0 Å². The van der Waals surface area contributed by atoms with Crippen molar-refractivity contribution in [3.05, 3.63) is 0 Å². The Labute approximate surface area is 95.0 Å². The van der Waals surface area contributed by atoms with Gasteiger partial charge in [-0.05, 0) is 13.8 Å². The average Bonchev–Trinajstić information content (AvgIpc) is 2.16. The molecule has 0 saturated heterocycles. The van der Waals surface area contributed by atoms with Gasteiger partial charge in [0.05, 0.1) is 0 Å². The fourth-order valence-electron chi connectivity index (χ4n) is 0.844. The lowest BCUT2D eigenvalue weighted by molar-refractivity contribution is -0.125. The van der Waals surface area contributed by atoms with Crippen molar-refractivity contribution < 1.29 is 9.59 Å². The summed E-state index contributed by atoms with van der Waals surface area (Å²) >= 11 is 8.07. The number of amides is 2. The first kappa shape index (κ1) is 13.6. The van der Waals surface area contributed by atoms with Crippen LogP contribution in [0.15, 0.2) is 0 Å². The average molecular weight is 236 g/mol. The van der Waals surface area contributed by atoms with Crippen molar-refractivity contribution in [2.24, 2.45) is 0 Å². The predicted molar refractivity (Wildman–Crippen MR) is 62.9 cm³/mol. The molecule has 0 aromatic carbocycles. The first-order valence-electron chi connectivity index (χ1n) is 4.46. The van der Waals surface area contributed by atoms with E-state index in [1.54, 1.807) is 13.8 Å². The van der Waals surface area contributed by atoms with Crippen LogP contribution in [0.1, 0.15) is 13.8 Å². The molecule has 2 atom stereocenters. The normalized spacial score (nSPS) is 14.3. The van der Waals surface area contributed by atoms with E-state index in [1.807, 2.05) is 0 Å². The molecular weight excluding hydrogens is 220 g/mol. The highest BCUT2D eigenvalue weighted by Gasteiger charge is 2.26. The van der Waals surface area contributed by atoms with Gasteiger partial charge in [0, 0.05) is 13.1 Å². The zero-order chi connectivity index (χ0) is 11.1. The maximum absolute atomic E-state index is 11.3. The van der Waals surface area contributed by atoms with E-state index >= 15 is 0 Å². The number of rotatable bonds is 5. The Morgan fingerprint density at radius 1 is 1.00 bits per heavy atom. The number of carbonyl (C=O) groups is 2. The number of hydrogen-bond donors (Lipinski definition) is 4. The monoisotopic (exact) mass is 236 g/mol. The van der Waals surface area contributed by atoms with Crippen LogP contribution in [0, 0.1) is 0 Å². The maximum atomic E-state index is 11.3. The molecule has 0 heterocycles. The van der Waals surface area contributed by atoms with Crippen molar-refractivity contribution in [2.75, 3.05) is 13.1 Å². The van der Waals surface area contributed by atoms with Gasteiger partial charge < -0.3 is 10.6 Å². The van der Waals surface area contributed by atoms with E-state index in [0.717, 1.165) is 0 Å². The Balaban J connectivity index is 4.16. The van der Waals surface area contributed by atoms with E-state index in [9.17, 15) is 9.59 Å². The van der Waals surface area contributed by atoms with Gasteiger partial charge in [0.25, 0.3) is 0 Å². The van der Waals surface area contributed by atoms with Crippen LogP contribution < -0.4 is 10.6 Å². The third-order valence-electron chi connectivity index (χ3n) is 1.54. The summed E-state index contributed by atoms with van der Waals surface area (Å²) < 4.78 is 0. The van der Waals surface area contributed by atoms with Gasteiger partial charge in [0.15, 0.2) is 0 Å². The molecule has 82 valence electrons. The van der Waals surface area contributed by atoms with Crippen molar-refractivity contribution in [1.82, 2.24) is 10.6 Å². The summed E-state index contributed by atoms with van der Waals surface area (Å²) in [6.07, 6.45) is 0. The summed E-state index contributed by atoms with van der Waals surface area (Å²) in [7, 11) is 0. The maximum Gasteiger partial charge on any atom is 0.234 e. The molecule has 4 nitrogen and oxygen atoms in total. The minimum atomic E-state index is -0.718. The second kappa shape index (κ2) is 7.00. The van der Waals surface area contributed by atoms with Crippen LogP contribution in [0.25, 0.3) is 0 Å². The molecule has 0 rings (SSSR count). The van der Waals surface area contributed by atoms with E-state index < -0.39 is 10.5 Å². The Morgan fingerprint density at radius 3 is 1.50 bits per heavy atom. The zero-order valence-corrected chi connectivity index (χ0v) is 10.1. The van der Waals surface area contributed by atoms with Gasteiger partial charge in [0.2, 0.25) is 11.8 Å². The Kier molecular flexibility index (Phi) is 6.82. The third kappa shape index (κ3) is 4.23. The van der Waals surface area contributed by atoms with Gasteiger partial charge in [-0.2, -0.15) is 25.3 Å². The van der Waals surface area contributed by atoms with Crippen LogP contribution >= 0.6 is 25.3 Å². The molecule has 0 aromatic rings. The Morgan fingerprint density at radius 2 is 1.29 bits per heavy atom. The highest BCUT2D eigenvalue weighted by molar-refractivity contribution is 7.86. The van der Waals surface area contributed by atoms with Gasteiger partial charge in [-0.15, -0.1) is 0 Å². The van der Waals surface area contributed by atoms with E-state index in [1.165, 1.54) is 0 Å². The van der Waals surface area contributed by atoms with Gasteiger partial charge in [-0.25, -0.2) is 0 Å². The minimum absolute atomic E-state index is 0.276. The van der Waals surface area contributed by atoms with Crippen LogP contribution in [-0.4, -0.2) is 35.4 Å². The number of nitrogens with one attached hydrogen (secondary N) is 2. The summed E-state index contributed by atoms with van der Waals surface area (Å²) in [5, 5.41) is 3.72. The first-order valence-corrected chi connectivity index (χ1v) is 5.49. The van der Waals surface area contributed by atoms with E-state index in [-0.39, 0.29) is 11.8 Å². The standard InChI is InChI=1S/C8H16N2O2S2/c1-3-9-7(11)5(13)6(14)8(12)10-4-2/h5-6,13-14H,3-4H2,1-2H3,(H,9,11)(H,10,12). The molecule has 0 aliphatic rings. The fraction of sp³-hybridized carbons (Fsp3) is 0.750. The van der Waals surface area contributed by atoms with Crippen molar-refractivity contribution >= 4 is 37.1 Å². The third-order valence-corrected chi connectivity index (χ3v) is 2.84. The second-order valence-electron chi connectivity index (χ2n) is 2.68. The lowest BCUT2D eigenvalue weighted by Crippen LogP contribution is -2.44. The van der Waals surface area contributed by atoms with Crippen LogP contribution in [0.5, 0.6) is 0 Å². The van der Waals surface area contributed by atoms with Gasteiger partial charge in [-0.3, -0.25) is 9.59 Å². The summed E-state index contributed by atoms with van der Waals surface area (Å²) in [6.45, 7) is 4.65. The molecular formula is C8H16N2O2S2. The largest absolute Gasteiger partial charge is 0.355 e. The summed E-state index contributed by atoms with van der Waals surface area (Å²) in [5.74, 6) is -0.552. The molecule has 0 spiro atoms. The fourth-order valence-corrected chi connectivity index (χ4v) is 1.30. The van der Waals surface area contributed by atoms with Crippen LogP contribution in [-0.2, 0) is 9.59 Å². The predicted octanol–water partition coefficient (Wildman–Crippen LogP) is -0.145. The molecule has 0 bridgehead atoms. The van der Waals surface area contributed by atoms with Crippen molar-refractivity contribution in [3.63, 3.8) is 0 Å². The highest BCUT2D eigenvalue weighted by atomic mass is 32.1. The smallest absolute Gasteiger partial charge is 0.234 e. The Bertz CT molecular complexity index is 190. The van der Waals surface area contributed by atoms with Gasteiger partial charge in [-0.1, -0.05) is 0 Å². The Hall–Kier alpha value is -0.360. The molecule has 2 unspecified atom stereocenters. The van der Waals surface area contributed by atoms with Gasteiger partial charge >= 0.3 is 0 Å². The summed E-state index contributed by atoms with van der Waals surface area (Å²) in [5.41, 5.74) is 0. The SMILES string of the molecule is CCNC(=O)C(S)C(S)C(=O)NCC. The van der Waals surface area contributed by atoms with Crippen LogP contribution in [0.4, 0.5) is 0 Å². The molecule has 0 saturated carbocycles. The van der Waals surface area contributed by atoms with Crippen molar-refractivity contribution in [2.45, 2.75) is 24.3 Å². The zero-order valence-electron chi connectivity index (χ0n) is 8.28. The molecule has 2 amide bonds. The molecule has 0 aliphatic heterocycles. The van der Waals surface area contributed by atoms with Crippen molar-refractivity contribution in [3.8, 4) is 0 Å². The first-order chi connectivity index (χ1) is 6.54. The molecule has 14 heavy (non-hydrogen) atoms. The number of carbonyl (C=O) groups excluding carboxylic acids is 2. The molecule has 6 heteroatoms. The van der Waals surface area contributed by atoms with E-state index in [4.69, 9.17) is 0 Å². The van der Waals surface area contributed by atoms with E-state index in [2.05, 4.69) is 35.9 Å². The molecule has 2 N–H and O–H groups in total. The minimum Gasteiger partial charge on any atom is -0.355 e. The second-order valence-corrected chi connectivity index (χ2v) is 3.79. The lowest BCUT2D eigenvalue weighted by Gasteiger charge is -2.16. The quantitative estimate of drug-likeness (QED) is 0.502. The number of thiol groups is 2. The van der Waals surface area contributed by atoms with Crippen LogP contribution in [0.3, 0.4) is 0 Å². The summed E-state index contributed by atoms with van der Waals surface area (Å²) in [4.78, 5) is 22.6. The van der Waals surface area contributed by atoms with Gasteiger partial charge in [0.1, 0.15) is 10.5 Å². The number of hydrogen-bond acceptors (Lipinski definition) is 4. The summed E-state index contributed by atoms with van der Waals surface area (Å²) in [6, 6.07) is 0. The molecule has 0 fully saturated rings. The molecule has 0 aliphatic carbocycles. The molecule has 0 aromatic heterocycles.